The minimum atomic E-state index is -3.39. The number of hydrogen-bond acceptors (Lipinski definition) is 4. The van der Waals surface area contributed by atoms with E-state index in [2.05, 4.69) is 4.72 Å². The van der Waals surface area contributed by atoms with Crippen molar-refractivity contribution >= 4 is 15.9 Å². The summed E-state index contributed by atoms with van der Waals surface area (Å²) in [6.07, 6.45) is 0.534. The highest BCUT2D eigenvalue weighted by Gasteiger charge is 2.31. The molecular formula is C12H24N2O4S. The van der Waals surface area contributed by atoms with E-state index in [0.717, 1.165) is 0 Å². The lowest BCUT2D eigenvalue weighted by molar-refractivity contribution is -0.138. The maximum Gasteiger partial charge on any atom is 0.241 e. The first-order valence-corrected chi connectivity index (χ1v) is 8.39. The van der Waals surface area contributed by atoms with Crippen molar-refractivity contribution in [3.05, 3.63) is 0 Å². The van der Waals surface area contributed by atoms with Crippen molar-refractivity contribution in [3.8, 4) is 0 Å². The van der Waals surface area contributed by atoms with E-state index < -0.39 is 16.1 Å². The van der Waals surface area contributed by atoms with Crippen LogP contribution in [-0.2, 0) is 19.6 Å². The summed E-state index contributed by atoms with van der Waals surface area (Å²) in [6, 6.07) is -0.686. The van der Waals surface area contributed by atoms with E-state index in [1.54, 1.807) is 11.8 Å². The summed E-state index contributed by atoms with van der Waals surface area (Å²) in [4.78, 5) is 14.0. The van der Waals surface area contributed by atoms with Crippen LogP contribution in [0.25, 0.3) is 0 Å². The minimum Gasteiger partial charge on any atom is -0.378 e. The molecule has 0 aliphatic carbocycles. The number of nitrogens with zero attached hydrogens (tertiary/aromatic N) is 1. The molecule has 1 N–H and O–H groups in total. The fraction of sp³-hybridized carbons (Fsp3) is 0.917. The van der Waals surface area contributed by atoms with Gasteiger partial charge in [0, 0.05) is 13.1 Å². The molecular weight excluding hydrogens is 268 g/mol. The van der Waals surface area contributed by atoms with Gasteiger partial charge in [0.1, 0.15) is 6.04 Å². The van der Waals surface area contributed by atoms with Gasteiger partial charge < -0.3 is 9.64 Å². The quantitative estimate of drug-likeness (QED) is 0.759. The Bertz CT molecular complexity index is 389. The monoisotopic (exact) mass is 292 g/mol. The number of nitrogens with one attached hydrogen (secondary N) is 1. The summed E-state index contributed by atoms with van der Waals surface area (Å²) in [5.74, 6) is -0.188. The first kappa shape index (κ1) is 16.4. The molecule has 1 atom stereocenters. The second kappa shape index (κ2) is 7.21. The van der Waals surface area contributed by atoms with Crippen LogP contribution in [0.2, 0.25) is 0 Å². The second-order valence-electron chi connectivity index (χ2n) is 5.10. The molecule has 1 aliphatic rings. The van der Waals surface area contributed by atoms with E-state index in [1.165, 1.54) is 0 Å². The molecule has 1 rings (SSSR count). The molecule has 0 aromatic carbocycles. The number of sulfonamides is 1. The topological polar surface area (TPSA) is 75.7 Å². The molecule has 1 heterocycles. The van der Waals surface area contributed by atoms with E-state index >= 15 is 0 Å². The van der Waals surface area contributed by atoms with Gasteiger partial charge in [-0.3, -0.25) is 4.79 Å². The van der Waals surface area contributed by atoms with Crippen molar-refractivity contribution < 1.29 is 17.9 Å². The van der Waals surface area contributed by atoms with Crippen LogP contribution in [0.15, 0.2) is 0 Å². The van der Waals surface area contributed by atoms with Crippen molar-refractivity contribution in [2.45, 2.75) is 33.2 Å². The van der Waals surface area contributed by atoms with E-state index in [9.17, 15) is 13.2 Å². The molecule has 112 valence electrons. The first-order chi connectivity index (χ1) is 8.87. The zero-order chi connectivity index (χ0) is 14.5. The van der Waals surface area contributed by atoms with Gasteiger partial charge in [0.2, 0.25) is 15.9 Å². The molecule has 1 fully saturated rings. The molecule has 1 saturated heterocycles. The predicted molar refractivity (Wildman–Crippen MR) is 73.2 cm³/mol. The van der Waals surface area contributed by atoms with Crippen LogP contribution in [0.5, 0.6) is 0 Å². The standard InChI is InChI=1S/C12H24N2O4S/c1-4-9-19(16,17)13-11(10(2)3)12(15)14-5-7-18-8-6-14/h10-11,13H,4-9H2,1-3H3/t11-/m1/s1. The lowest BCUT2D eigenvalue weighted by Gasteiger charge is -2.32. The van der Waals surface area contributed by atoms with Crippen molar-refractivity contribution in [2.24, 2.45) is 5.92 Å². The van der Waals surface area contributed by atoms with Gasteiger partial charge in [0.05, 0.1) is 19.0 Å². The summed E-state index contributed by atoms with van der Waals surface area (Å²) < 4.78 is 31.4. The summed E-state index contributed by atoms with van der Waals surface area (Å²) in [6.45, 7) is 7.56. The molecule has 0 bridgehead atoms. The van der Waals surface area contributed by atoms with Gasteiger partial charge >= 0.3 is 0 Å². The third-order valence-electron chi connectivity index (χ3n) is 3.03. The third-order valence-corrected chi connectivity index (χ3v) is 4.59. The highest BCUT2D eigenvalue weighted by molar-refractivity contribution is 7.89. The van der Waals surface area contributed by atoms with Gasteiger partial charge in [-0.2, -0.15) is 0 Å². The average molecular weight is 292 g/mol. The van der Waals surface area contributed by atoms with E-state index in [0.29, 0.717) is 32.7 Å². The predicted octanol–water partition coefficient (Wildman–Crippen LogP) is 0.199. The first-order valence-electron chi connectivity index (χ1n) is 6.74. The van der Waals surface area contributed by atoms with Crippen LogP contribution >= 0.6 is 0 Å². The molecule has 0 unspecified atom stereocenters. The molecule has 0 spiro atoms. The highest BCUT2D eigenvalue weighted by Crippen LogP contribution is 2.10. The van der Waals surface area contributed by atoms with Gasteiger partial charge in [-0.25, -0.2) is 13.1 Å². The van der Waals surface area contributed by atoms with Crippen LogP contribution in [0.3, 0.4) is 0 Å². The fourth-order valence-corrected chi connectivity index (χ4v) is 3.39. The van der Waals surface area contributed by atoms with Gasteiger partial charge in [-0.15, -0.1) is 0 Å². The van der Waals surface area contributed by atoms with Crippen molar-refractivity contribution in [3.63, 3.8) is 0 Å². The maximum atomic E-state index is 12.4. The zero-order valence-corrected chi connectivity index (χ0v) is 12.7. The Morgan fingerprint density at radius 1 is 1.32 bits per heavy atom. The molecule has 0 saturated carbocycles. The van der Waals surface area contributed by atoms with Gasteiger partial charge in [-0.05, 0) is 12.3 Å². The Hall–Kier alpha value is -0.660. The second-order valence-corrected chi connectivity index (χ2v) is 6.97. The lowest BCUT2D eigenvalue weighted by Crippen LogP contribution is -2.54. The number of hydrogen-bond donors (Lipinski definition) is 1. The molecule has 19 heavy (non-hydrogen) atoms. The maximum absolute atomic E-state index is 12.4. The van der Waals surface area contributed by atoms with Crippen LogP contribution in [0.1, 0.15) is 27.2 Å². The van der Waals surface area contributed by atoms with Crippen molar-refractivity contribution in [1.82, 2.24) is 9.62 Å². The van der Waals surface area contributed by atoms with E-state index in [4.69, 9.17) is 4.74 Å². The number of amides is 1. The van der Waals surface area contributed by atoms with E-state index in [-0.39, 0.29) is 17.6 Å². The number of carbonyl (C=O) groups excluding carboxylic acids is 1. The lowest BCUT2D eigenvalue weighted by atomic mass is 10.0. The van der Waals surface area contributed by atoms with Gasteiger partial charge in [0.15, 0.2) is 0 Å². The van der Waals surface area contributed by atoms with Crippen LogP contribution < -0.4 is 4.72 Å². The molecule has 7 heteroatoms. The van der Waals surface area contributed by atoms with Crippen LogP contribution in [0.4, 0.5) is 0 Å². The smallest absolute Gasteiger partial charge is 0.241 e. The largest absolute Gasteiger partial charge is 0.378 e. The van der Waals surface area contributed by atoms with Crippen molar-refractivity contribution in [1.29, 1.82) is 0 Å². The number of carbonyl (C=O) groups is 1. The molecule has 0 aromatic rings. The van der Waals surface area contributed by atoms with Crippen molar-refractivity contribution in [2.75, 3.05) is 32.1 Å². The fourth-order valence-electron chi connectivity index (χ4n) is 1.97. The SMILES string of the molecule is CCCS(=O)(=O)N[C@@H](C(=O)N1CCOCC1)C(C)C. The van der Waals surface area contributed by atoms with Gasteiger partial charge in [0.25, 0.3) is 0 Å². The van der Waals surface area contributed by atoms with Crippen LogP contribution in [-0.4, -0.2) is 57.3 Å². The number of morpholine rings is 1. The number of rotatable bonds is 6. The normalized spacial score (nSPS) is 18.6. The third kappa shape index (κ3) is 5.08. The molecule has 0 radical (unpaired) electrons. The Kier molecular flexibility index (Phi) is 6.22. The summed E-state index contributed by atoms with van der Waals surface area (Å²) in [7, 11) is -3.39. The minimum absolute atomic E-state index is 0.0482. The molecule has 6 nitrogen and oxygen atoms in total. The summed E-state index contributed by atoms with van der Waals surface area (Å²) >= 11 is 0. The average Bonchev–Trinajstić information content (AvgIpc) is 2.36. The Labute approximate surface area is 115 Å². The Balaban J connectivity index is 2.74. The summed E-state index contributed by atoms with van der Waals surface area (Å²) in [5.41, 5.74) is 0. The number of ether oxygens (including phenoxy) is 1. The Morgan fingerprint density at radius 2 is 1.89 bits per heavy atom. The zero-order valence-electron chi connectivity index (χ0n) is 11.9. The molecule has 1 aliphatic heterocycles. The highest BCUT2D eigenvalue weighted by atomic mass is 32.2. The Morgan fingerprint density at radius 3 is 2.37 bits per heavy atom. The van der Waals surface area contributed by atoms with E-state index in [1.807, 2.05) is 13.8 Å². The molecule has 0 aromatic heterocycles. The van der Waals surface area contributed by atoms with Crippen LogP contribution in [0, 0.1) is 5.92 Å². The molecule has 1 amide bonds. The summed E-state index contributed by atoms with van der Waals surface area (Å²) in [5, 5.41) is 0. The van der Waals surface area contributed by atoms with Gasteiger partial charge in [-0.1, -0.05) is 20.8 Å².